The SMILES string of the molecule is COc1cccc(/C(=C\C2=NCCN2)c2ccncc2)c1. The fourth-order valence-electron chi connectivity index (χ4n) is 2.31. The van der Waals surface area contributed by atoms with E-state index in [9.17, 15) is 0 Å². The van der Waals surface area contributed by atoms with Gasteiger partial charge in [0.25, 0.3) is 0 Å². The molecule has 0 spiro atoms. The first-order valence-corrected chi connectivity index (χ1v) is 6.91. The number of nitrogens with zero attached hydrogens (tertiary/aromatic N) is 2. The lowest BCUT2D eigenvalue weighted by Crippen LogP contribution is -2.16. The molecule has 4 heteroatoms. The van der Waals surface area contributed by atoms with Crippen LogP contribution in [0.15, 0.2) is 59.9 Å². The average molecular weight is 279 g/mol. The maximum Gasteiger partial charge on any atom is 0.121 e. The quantitative estimate of drug-likeness (QED) is 0.935. The second-order valence-corrected chi connectivity index (χ2v) is 4.72. The number of nitrogens with one attached hydrogen (secondary N) is 1. The molecule has 1 aromatic carbocycles. The highest BCUT2D eigenvalue weighted by atomic mass is 16.5. The van der Waals surface area contributed by atoms with E-state index in [0.29, 0.717) is 0 Å². The molecule has 1 aliphatic heterocycles. The van der Waals surface area contributed by atoms with Crippen molar-refractivity contribution >= 4 is 11.4 Å². The summed E-state index contributed by atoms with van der Waals surface area (Å²) in [5, 5.41) is 3.28. The first-order valence-electron chi connectivity index (χ1n) is 6.91. The van der Waals surface area contributed by atoms with Crippen LogP contribution in [0.2, 0.25) is 0 Å². The highest BCUT2D eigenvalue weighted by Crippen LogP contribution is 2.26. The van der Waals surface area contributed by atoms with Crippen LogP contribution in [0.4, 0.5) is 0 Å². The Morgan fingerprint density at radius 1 is 1.19 bits per heavy atom. The number of benzene rings is 1. The molecule has 0 amide bonds. The van der Waals surface area contributed by atoms with E-state index in [2.05, 4.69) is 27.4 Å². The van der Waals surface area contributed by atoms with E-state index < -0.39 is 0 Å². The summed E-state index contributed by atoms with van der Waals surface area (Å²) < 4.78 is 5.33. The summed E-state index contributed by atoms with van der Waals surface area (Å²) in [6, 6.07) is 12.0. The molecule has 0 atom stereocenters. The highest BCUT2D eigenvalue weighted by Gasteiger charge is 2.09. The predicted octanol–water partition coefficient (Wildman–Crippen LogP) is 2.52. The van der Waals surface area contributed by atoms with Gasteiger partial charge in [0.05, 0.1) is 13.7 Å². The minimum absolute atomic E-state index is 0.827. The molecule has 1 aliphatic rings. The van der Waals surface area contributed by atoms with Crippen LogP contribution < -0.4 is 10.1 Å². The molecule has 0 fully saturated rings. The van der Waals surface area contributed by atoms with Crippen LogP contribution in [0.5, 0.6) is 5.75 Å². The Kier molecular flexibility index (Phi) is 3.96. The third-order valence-electron chi connectivity index (χ3n) is 3.35. The molecule has 0 radical (unpaired) electrons. The summed E-state index contributed by atoms with van der Waals surface area (Å²) in [7, 11) is 1.68. The zero-order valence-electron chi connectivity index (χ0n) is 11.9. The lowest BCUT2D eigenvalue weighted by molar-refractivity contribution is 0.414. The van der Waals surface area contributed by atoms with Crippen LogP contribution in [0.3, 0.4) is 0 Å². The van der Waals surface area contributed by atoms with Crippen molar-refractivity contribution in [3.05, 3.63) is 66.0 Å². The van der Waals surface area contributed by atoms with Gasteiger partial charge in [-0.25, -0.2) is 0 Å². The van der Waals surface area contributed by atoms with Gasteiger partial charge in [-0.15, -0.1) is 0 Å². The van der Waals surface area contributed by atoms with Gasteiger partial charge in [-0.3, -0.25) is 9.98 Å². The van der Waals surface area contributed by atoms with Crippen LogP contribution in [-0.2, 0) is 0 Å². The number of aromatic nitrogens is 1. The van der Waals surface area contributed by atoms with Gasteiger partial charge in [-0.2, -0.15) is 0 Å². The zero-order valence-corrected chi connectivity index (χ0v) is 11.9. The first-order chi connectivity index (χ1) is 10.4. The zero-order chi connectivity index (χ0) is 14.5. The molecule has 1 N–H and O–H groups in total. The van der Waals surface area contributed by atoms with Crippen molar-refractivity contribution in [3.8, 4) is 5.75 Å². The van der Waals surface area contributed by atoms with Crippen molar-refractivity contribution in [1.29, 1.82) is 0 Å². The number of rotatable bonds is 4. The van der Waals surface area contributed by atoms with Gasteiger partial charge in [0, 0.05) is 18.9 Å². The number of methoxy groups -OCH3 is 1. The summed E-state index contributed by atoms with van der Waals surface area (Å²) in [5.74, 6) is 1.76. The van der Waals surface area contributed by atoms with Crippen LogP contribution in [0.25, 0.3) is 5.57 Å². The Morgan fingerprint density at radius 3 is 2.76 bits per heavy atom. The summed E-state index contributed by atoms with van der Waals surface area (Å²) >= 11 is 0. The number of hydrogen-bond acceptors (Lipinski definition) is 4. The van der Waals surface area contributed by atoms with Crippen LogP contribution in [0, 0.1) is 0 Å². The number of ether oxygens (including phenoxy) is 1. The summed E-state index contributed by atoms with van der Waals surface area (Å²) in [6.07, 6.45) is 5.68. The minimum Gasteiger partial charge on any atom is -0.497 e. The fraction of sp³-hybridized carbons (Fsp3) is 0.176. The molecule has 0 saturated heterocycles. The van der Waals surface area contributed by atoms with Crippen LogP contribution in [-0.4, -0.2) is 31.0 Å². The number of amidine groups is 1. The molecule has 0 aliphatic carbocycles. The summed E-state index contributed by atoms with van der Waals surface area (Å²) in [6.45, 7) is 1.72. The largest absolute Gasteiger partial charge is 0.497 e. The standard InChI is InChI=1S/C17H17N3O/c1-21-15-4-2-3-14(11-15)16(12-17-19-9-10-20-17)13-5-7-18-8-6-13/h2-8,11-12H,9-10H2,1H3,(H,19,20)/b16-12-. The number of pyridine rings is 1. The molecule has 0 bridgehead atoms. The maximum absolute atomic E-state index is 5.33. The van der Waals surface area contributed by atoms with Crippen molar-refractivity contribution < 1.29 is 4.74 Å². The van der Waals surface area contributed by atoms with Gasteiger partial charge in [0.15, 0.2) is 0 Å². The van der Waals surface area contributed by atoms with Crippen molar-refractivity contribution in [3.63, 3.8) is 0 Å². The van der Waals surface area contributed by atoms with Gasteiger partial charge in [-0.1, -0.05) is 12.1 Å². The highest BCUT2D eigenvalue weighted by molar-refractivity contribution is 6.03. The van der Waals surface area contributed by atoms with E-state index in [1.165, 1.54) is 0 Å². The van der Waals surface area contributed by atoms with Crippen molar-refractivity contribution in [2.75, 3.05) is 20.2 Å². The number of aliphatic imine (C=N–C) groups is 1. The molecule has 0 unspecified atom stereocenters. The Bertz CT molecular complexity index is 677. The predicted molar refractivity (Wildman–Crippen MR) is 84.6 cm³/mol. The second-order valence-electron chi connectivity index (χ2n) is 4.72. The second kappa shape index (κ2) is 6.22. The van der Waals surface area contributed by atoms with Gasteiger partial charge in [0.1, 0.15) is 11.6 Å². The molecule has 4 nitrogen and oxygen atoms in total. The van der Waals surface area contributed by atoms with E-state index in [1.54, 1.807) is 19.5 Å². The van der Waals surface area contributed by atoms with Crippen LogP contribution in [0.1, 0.15) is 11.1 Å². The van der Waals surface area contributed by atoms with E-state index in [1.807, 2.05) is 30.3 Å². The Balaban J connectivity index is 2.07. The Morgan fingerprint density at radius 2 is 2.05 bits per heavy atom. The Labute approximate surface area is 124 Å². The van der Waals surface area contributed by atoms with Gasteiger partial charge in [-0.05, 0) is 47.0 Å². The smallest absolute Gasteiger partial charge is 0.121 e. The number of hydrogen-bond donors (Lipinski definition) is 1. The van der Waals surface area contributed by atoms with Crippen molar-refractivity contribution in [2.45, 2.75) is 0 Å². The lowest BCUT2D eigenvalue weighted by Gasteiger charge is -2.10. The van der Waals surface area contributed by atoms with Gasteiger partial charge < -0.3 is 10.1 Å². The average Bonchev–Trinajstić information content (AvgIpc) is 3.07. The first kappa shape index (κ1) is 13.4. The Hall–Kier alpha value is -2.62. The summed E-state index contributed by atoms with van der Waals surface area (Å²) in [5.41, 5.74) is 3.30. The third-order valence-corrected chi connectivity index (χ3v) is 3.35. The monoisotopic (exact) mass is 279 g/mol. The van der Waals surface area contributed by atoms with Gasteiger partial charge >= 0.3 is 0 Å². The minimum atomic E-state index is 0.827. The molecule has 1 aromatic heterocycles. The maximum atomic E-state index is 5.33. The third kappa shape index (κ3) is 3.11. The normalized spacial score (nSPS) is 14.5. The molecule has 21 heavy (non-hydrogen) atoms. The van der Waals surface area contributed by atoms with Crippen LogP contribution >= 0.6 is 0 Å². The molecular weight excluding hydrogens is 262 g/mol. The van der Waals surface area contributed by atoms with E-state index >= 15 is 0 Å². The van der Waals surface area contributed by atoms with Crippen molar-refractivity contribution in [1.82, 2.24) is 10.3 Å². The molecule has 0 saturated carbocycles. The molecule has 106 valence electrons. The van der Waals surface area contributed by atoms with E-state index in [-0.39, 0.29) is 0 Å². The molecule has 2 heterocycles. The molecule has 2 aromatic rings. The summed E-state index contributed by atoms with van der Waals surface area (Å²) in [4.78, 5) is 8.54. The van der Waals surface area contributed by atoms with Gasteiger partial charge in [0.2, 0.25) is 0 Å². The van der Waals surface area contributed by atoms with E-state index in [4.69, 9.17) is 4.74 Å². The topological polar surface area (TPSA) is 46.5 Å². The molecule has 3 rings (SSSR count). The molecular formula is C17H17N3O. The van der Waals surface area contributed by atoms with Crippen molar-refractivity contribution in [2.24, 2.45) is 4.99 Å². The van der Waals surface area contributed by atoms with E-state index in [0.717, 1.165) is 41.4 Å². The lowest BCUT2D eigenvalue weighted by atomic mass is 9.98. The fourth-order valence-corrected chi connectivity index (χ4v) is 2.31.